The average Bonchev–Trinajstić information content (AvgIpc) is 2.53. The average molecular weight is 325 g/mol. The summed E-state index contributed by atoms with van der Waals surface area (Å²) in [5.41, 5.74) is 0. The molecule has 2 heteroatoms. The SMILES string of the molecule is CCCCCCCC(CCCCCCC)N1[C@H](C)CNC[C@@H]1C. The highest BCUT2D eigenvalue weighted by molar-refractivity contribution is 4.87. The zero-order valence-corrected chi connectivity index (χ0v) is 16.6. The van der Waals surface area contributed by atoms with Crippen molar-refractivity contribution >= 4 is 0 Å². The maximum absolute atomic E-state index is 3.60. The summed E-state index contributed by atoms with van der Waals surface area (Å²) in [5, 5.41) is 3.60. The fourth-order valence-corrected chi connectivity index (χ4v) is 4.28. The normalized spacial score (nSPS) is 22.8. The first-order chi connectivity index (χ1) is 11.2. The summed E-state index contributed by atoms with van der Waals surface area (Å²) in [7, 11) is 0. The molecule has 1 fully saturated rings. The molecular weight excluding hydrogens is 280 g/mol. The lowest BCUT2D eigenvalue weighted by Gasteiger charge is -2.45. The van der Waals surface area contributed by atoms with E-state index < -0.39 is 0 Å². The maximum atomic E-state index is 3.60. The van der Waals surface area contributed by atoms with Crippen LogP contribution in [0, 0.1) is 0 Å². The van der Waals surface area contributed by atoms with Crippen molar-refractivity contribution in [1.82, 2.24) is 10.2 Å². The second-order valence-corrected chi connectivity index (χ2v) is 7.86. The van der Waals surface area contributed by atoms with Crippen molar-refractivity contribution in [2.75, 3.05) is 13.1 Å². The molecule has 0 aliphatic carbocycles. The van der Waals surface area contributed by atoms with Crippen LogP contribution < -0.4 is 5.32 Å². The number of rotatable bonds is 13. The molecule has 0 radical (unpaired) electrons. The van der Waals surface area contributed by atoms with Gasteiger partial charge in [0, 0.05) is 31.2 Å². The van der Waals surface area contributed by atoms with Crippen LogP contribution in [0.25, 0.3) is 0 Å². The third kappa shape index (κ3) is 8.54. The largest absolute Gasteiger partial charge is 0.314 e. The number of nitrogens with one attached hydrogen (secondary N) is 1. The summed E-state index contributed by atoms with van der Waals surface area (Å²) in [6, 6.07) is 2.23. The van der Waals surface area contributed by atoms with Gasteiger partial charge in [0.05, 0.1) is 0 Å². The Morgan fingerprint density at radius 1 is 0.739 bits per heavy atom. The Labute approximate surface area is 146 Å². The van der Waals surface area contributed by atoms with Crippen LogP contribution >= 0.6 is 0 Å². The molecule has 138 valence electrons. The Morgan fingerprint density at radius 2 is 1.17 bits per heavy atom. The van der Waals surface area contributed by atoms with Crippen LogP contribution in [0.5, 0.6) is 0 Å². The summed E-state index contributed by atoms with van der Waals surface area (Å²) in [5.74, 6) is 0. The number of nitrogens with zero attached hydrogens (tertiary/aromatic N) is 1. The van der Waals surface area contributed by atoms with Gasteiger partial charge in [-0.1, -0.05) is 78.1 Å². The molecule has 1 aliphatic heterocycles. The maximum Gasteiger partial charge on any atom is 0.0198 e. The monoisotopic (exact) mass is 324 g/mol. The smallest absolute Gasteiger partial charge is 0.0198 e. The zero-order valence-electron chi connectivity index (χ0n) is 16.6. The molecule has 0 bridgehead atoms. The highest BCUT2D eigenvalue weighted by atomic mass is 15.3. The summed E-state index contributed by atoms with van der Waals surface area (Å²) >= 11 is 0. The summed E-state index contributed by atoms with van der Waals surface area (Å²) in [4.78, 5) is 2.86. The van der Waals surface area contributed by atoms with E-state index in [0.29, 0.717) is 12.1 Å². The summed E-state index contributed by atoms with van der Waals surface area (Å²) < 4.78 is 0. The van der Waals surface area contributed by atoms with E-state index in [1.165, 1.54) is 90.1 Å². The molecule has 0 aromatic carbocycles. The van der Waals surface area contributed by atoms with Crippen LogP contribution in [-0.4, -0.2) is 36.1 Å². The van der Waals surface area contributed by atoms with E-state index in [0.717, 1.165) is 6.04 Å². The lowest BCUT2D eigenvalue weighted by atomic mass is 9.95. The van der Waals surface area contributed by atoms with E-state index >= 15 is 0 Å². The van der Waals surface area contributed by atoms with Gasteiger partial charge < -0.3 is 5.32 Å². The van der Waals surface area contributed by atoms with E-state index in [2.05, 4.69) is 37.9 Å². The fourth-order valence-electron chi connectivity index (χ4n) is 4.28. The second-order valence-electron chi connectivity index (χ2n) is 7.86. The number of hydrogen-bond donors (Lipinski definition) is 1. The van der Waals surface area contributed by atoms with Gasteiger partial charge in [0.15, 0.2) is 0 Å². The van der Waals surface area contributed by atoms with Crippen molar-refractivity contribution in [2.45, 2.75) is 123 Å². The molecule has 1 heterocycles. The van der Waals surface area contributed by atoms with Crippen molar-refractivity contribution in [3.63, 3.8) is 0 Å². The highest BCUT2D eigenvalue weighted by Gasteiger charge is 2.30. The van der Waals surface area contributed by atoms with Crippen LogP contribution in [-0.2, 0) is 0 Å². The van der Waals surface area contributed by atoms with Crippen LogP contribution in [0.3, 0.4) is 0 Å². The Hall–Kier alpha value is -0.0800. The molecule has 2 atom stereocenters. The van der Waals surface area contributed by atoms with Gasteiger partial charge in [-0.15, -0.1) is 0 Å². The van der Waals surface area contributed by atoms with Gasteiger partial charge in [-0.3, -0.25) is 4.90 Å². The van der Waals surface area contributed by atoms with Crippen LogP contribution in [0.15, 0.2) is 0 Å². The molecule has 1 N–H and O–H groups in total. The van der Waals surface area contributed by atoms with Crippen LogP contribution in [0.1, 0.15) is 105 Å². The topological polar surface area (TPSA) is 15.3 Å². The minimum absolute atomic E-state index is 0.704. The Morgan fingerprint density at radius 3 is 1.61 bits per heavy atom. The third-order valence-corrected chi connectivity index (χ3v) is 5.60. The number of unbranched alkanes of at least 4 members (excludes halogenated alkanes) is 8. The lowest BCUT2D eigenvalue weighted by molar-refractivity contribution is 0.0549. The van der Waals surface area contributed by atoms with Gasteiger partial charge in [-0.25, -0.2) is 0 Å². The first-order valence-corrected chi connectivity index (χ1v) is 10.7. The van der Waals surface area contributed by atoms with E-state index in [9.17, 15) is 0 Å². The molecule has 0 spiro atoms. The van der Waals surface area contributed by atoms with Crippen molar-refractivity contribution in [3.8, 4) is 0 Å². The predicted octanol–water partition coefficient (Wildman–Crippen LogP) is 5.76. The Kier molecular flexibility index (Phi) is 12.1. The first-order valence-electron chi connectivity index (χ1n) is 10.7. The standard InChI is InChI=1S/C21H44N2/c1-5-7-9-11-13-15-21(16-14-12-10-8-6-2)23-19(3)17-22-18-20(23)4/h19-22H,5-18H2,1-4H3/t19-,20+. The van der Waals surface area contributed by atoms with E-state index in [-0.39, 0.29) is 0 Å². The number of hydrogen-bond acceptors (Lipinski definition) is 2. The van der Waals surface area contributed by atoms with Gasteiger partial charge in [0.25, 0.3) is 0 Å². The summed E-state index contributed by atoms with van der Waals surface area (Å²) in [6.07, 6.45) is 17.0. The first kappa shape index (κ1) is 21.0. The molecule has 0 aromatic rings. The zero-order chi connectivity index (χ0) is 16.9. The molecule has 23 heavy (non-hydrogen) atoms. The van der Waals surface area contributed by atoms with Crippen molar-refractivity contribution in [1.29, 1.82) is 0 Å². The molecule has 2 nitrogen and oxygen atoms in total. The van der Waals surface area contributed by atoms with E-state index in [1.54, 1.807) is 0 Å². The number of piperazine rings is 1. The fraction of sp³-hybridized carbons (Fsp3) is 1.00. The summed E-state index contributed by atoms with van der Waals surface area (Å²) in [6.45, 7) is 11.8. The van der Waals surface area contributed by atoms with Gasteiger partial charge in [-0.05, 0) is 26.7 Å². The van der Waals surface area contributed by atoms with E-state index in [4.69, 9.17) is 0 Å². The van der Waals surface area contributed by atoms with Crippen molar-refractivity contribution < 1.29 is 0 Å². The molecular formula is C21H44N2. The molecule has 1 aliphatic rings. The molecule has 1 saturated heterocycles. The predicted molar refractivity (Wildman–Crippen MR) is 104 cm³/mol. The van der Waals surface area contributed by atoms with Crippen molar-refractivity contribution in [2.24, 2.45) is 0 Å². The van der Waals surface area contributed by atoms with Gasteiger partial charge in [0.2, 0.25) is 0 Å². The molecule has 0 saturated carbocycles. The third-order valence-electron chi connectivity index (χ3n) is 5.60. The molecule has 0 aromatic heterocycles. The van der Waals surface area contributed by atoms with Crippen molar-refractivity contribution in [3.05, 3.63) is 0 Å². The Balaban J connectivity index is 2.42. The van der Waals surface area contributed by atoms with Gasteiger partial charge >= 0.3 is 0 Å². The van der Waals surface area contributed by atoms with E-state index in [1.807, 2.05) is 0 Å². The quantitative estimate of drug-likeness (QED) is 0.433. The van der Waals surface area contributed by atoms with Gasteiger partial charge in [0.1, 0.15) is 0 Å². The lowest BCUT2D eigenvalue weighted by Crippen LogP contribution is -2.58. The van der Waals surface area contributed by atoms with Crippen LogP contribution in [0.2, 0.25) is 0 Å². The van der Waals surface area contributed by atoms with Gasteiger partial charge in [-0.2, -0.15) is 0 Å². The Bertz CT molecular complexity index is 243. The molecule has 1 rings (SSSR count). The molecule has 0 unspecified atom stereocenters. The minimum atomic E-state index is 0.704. The molecule has 0 amide bonds. The minimum Gasteiger partial charge on any atom is -0.314 e. The van der Waals surface area contributed by atoms with Crippen LogP contribution in [0.4, 0.5) is 0 Å². The highest BCUT2D eigenvalue weighted by Crippen LogP contribution is 2.24. The second kappa shape index (κ2) is 13.2.